The van der Waals surface area contributed by atoms with E-state index >= 15 is 0 Å². The second-order valence-electron chi connectivity index (χ2n) is 3.88. The maximum Gasteiger partial charge on any atom is 0.137 e. The molecule has 0 aromatic heterocycles. The molecule has 16 heavy (non-hydrogen) atoms. The summed E-state index contributed by atoms with van der Waals surface area (Å²) in [6.07, 6.45) is 1.94. The Bertz CT molecular complexity index is 346. The van der Waals surface area contributed by atoms with Crippen LogP contribution in [0.3, 0.4) is 0 Å². The van der Waals surface area contributed by atoms with Crippen molar-refractivity contribution in [1.82, 2.24) is 0 Å². The van der Waals surface area contributed by atoms with Crippen molar-refractivity contribution >= 4 is 15.9 Å². The molecule has 1 aromatic carbocycles. The third-order valence-electron chi connectivity index (χ3n) is 2.61. The highest BCUT2D eigenvalue weighted by molar-refractivity contribution is 9.10. The van der Waals surface area contributed by atoms with Gasteiger partial charge in [-0.15, -0.1) is 0 Å². The molecule has 0 spiro atoms. The zero-order valence-electron chi connectivity index (χ0n) is 9.29. The number of nitrogens with two attached hydrogens (primary N) is 1. The third kappa shape index (κ3) is 3.27. The van der Waals surface area contributed by atoms with E-state index < -0.39 is 12.1 Å². The predicted octanol–water partition coefficient (Wildman–Crippen LogP) is 3.14. The molecule has 90 valence electrons. The third-order valence-corrected chi connectivity index (χ3v) is 3.45. The van der Waals surface area contributed by atoms with Gasteiger partial charge in [-0.05, 0) is 34.0 Å². The topological polar surface area (TPSA) is 46.2 Å². The highest BCUT2D eigenvalue weighted by atomic mass is 79.9. The molecule has 0 aliphatic heterocycles. The van der Waals surface area contributed by atoms with Gasteiger partial charge in [0.05, 0.1) is 16.6 Å². The van der Waals surface area contributed by atoms with Crippen LogP contribution in [0.25, 0.3) is 0 Å². The molecule has 2 atom stereocenters. The van der Waals surface area contributed by atoms with Gasteiger partial charge < -0.3 is 10.8 Å². The molecule has 0 aliphatic carbocycles. The smallest absolute Gasteiger partial charge is 0.137 e. The zero-order valence-corrected chi connectivity index (χ0v) is 10.9. The van der Waals surface area contributed by atoms with Crippen LogP contribution in [0.15, 0.2) is 22.7 Å². The second kappa shape index (κ2) is 6.33. The zero-order chi connectivity index (χ0) is 12.1. The lowest BCUT2D eigenvalue weighted by atomic mass is 9.98. The van der Waals surface area contributed by atoms with Crippen molar-refractivity contribution in [3.8, 4) is 0 Å². The van der Waals surface area contributed by atoms with Gasteiger partial charge in [0.15, 0.2) is 0 Å². The summed E-state index contributed by atoms with van der Waals surface area (Å²) in [6.45, 7) is 2.05. The first kappa shape index (κ1) is 13.6. The largest absolute Gasteiger partial charge is 0.391 e. The van der Waals surface area contributed by atoms with E-state index in [2.05, 4.69) is 22.9 Å². The van der Waals surface area contributed by atoms with Crippen LogP contribution < -0.4 is 5.73 Å². The molecule has 0 amide bonds. The van der Waals surface area contributed by atoms with Crippen LogP contribution in [0.1, 0.15) is 37.8 Å². The van der Waals surface area contributed by atoms with Crippen LogP contribution >= 0.6 is 15.9 Å². The number of aliphatic hydroxyl groups excluding tert-OH is 1. The molecular formula is C12H17BrFNO. The lowest BCUT2D eigenvalue weighted by molar-refractivity contribution is 0.132. The molecule has 3 N–H and O–H groups in total. The van der Waals surface area contributed by atoms with Crippen molar-refractivity contribution in [2.75, 3.05) is 0 Å². The Morgan fingerprint density at radius 1 is 1.50 bits per heavy atom. The SMILES string of the molecule is CCCC[C@H](O)[C@H](N)c1cccc(F)c1Br. The van der Waals surface area contributed by atoms with E-state index in [9.17, 15) is 9.50 Å². The Morgan fingerprint density at radius 2 is 2.19 bits per heavy atom. The average Bonchev–Trinajstić information content (AvgIpc) is 2.28. The summed E-state index contributed by atoms with van der Waals surface area (Å²) in [5, 5.41) is 9.85. The summed E-state index contributed by atoms with van der Waals surface area (Å²) in [5.41, 5.74) is 6.52. The first-order chi connectivity index (χ1) is 7.57. The van der Waals surface area contributed by atoms with Crippen molar-refractivity contribution < 1.29 is 9.50 Å². The van der Waals surface area contributed by atoms with Crippen molar-refractivity contribution in [3.05, 3.63) is 34.1 Å². The summed E-state index contributed by atoms with van der Waals surface area (Å²) in [7, 11) is 0. The van der Waals surface area contributed by atoms with Gasteiger partial charge in [-0.1, -0.05) is 31.9 Å². The van der Waals surface area contributed by atoms with E-state index in [4.69, 9.17) is 5.73 Å². The number of rotatable bonds is 5. The number of hydrogen-bond donors (Lipinski definition) is 2. The predicted molar refractivity (Wildman–Crippen MR) is 66.6 cm³/mol. The van der Waals surface area contributed by atoms with Crippen LogP contribution in [0.5, 0.6) is 0 Å². The molecule has 0 radical (unpaired) electrons. The summed E-state index contributed by atoms with van der Waals surface area (Å²) < 4.78 is 13.6. The van der Waals surface area contributed by atoms with Gasteiger partial charge in [0.2, 0.25) is 0 Å². The van der Waals surface area contributed by atoms with E-state index in [0.29, 0.717) is 16.5 Å². The van der Waals surface area contributed by atoms with E-state index in [1.807, 2.05) is 0 Å². The first-order valence-corrected chi connectivity index (χ1v) is 6.24. The molecule has 0 saturated heterocycles. The summed E-state index contributed by atoms with van der Waals surface area (Å²) in [5.74, 6) is -0.351. The molecule has 0 unspecified atom stereocenters. The highest BCUT2D eigenvalue weighted by Gasteiger charge is 2.19. The standard InChI is InChI=1S/C12H17BrFNO/c1-2-3-7-10(16)12(15)8-5-4-6-9(14)11(8)13/h4-6,10,12,16H,2-3,7,15H2,1H3/t10-,12+/m0/s1. The van der Waals surface area contributed by atoms with Gasteiger partial charge in [0.1, 0.15) is 5.82 Å². The molecule has 0 aliphatic rings. The van der Waals surface area contributed by atoms with E-state index in [1.54, 1.807) is 12.1 Å². The van der Waals surface area contributed by atoms with Gasteiger partial charge in [0, 0.05) is 0 Å². The highest BCUT2D eigenvalue weighted by Crippen LogP contribution is 2.27. The van der Waals surface area contributed by atoms with Gasteiger partial charge in [-0.2, -0.15) is 0 Å². The lowest BCUT2D eigenvalue weighted by Gasteiger charge is -2.20. The molecular weight excluding hydrogens is 273 g/mol. The van der Waals surface area contributed by atoms with Crippen molar-refractivity contribution in [3.63, 3.8) is 0 Å². The fourth-order valence-corrected chi connectivity index (χ4v) is 2.11. The van der Waals surface area contributed by atoms with Crippen molar-refractivity contribution in [2.24, 2.45) is 5.73 Å². The number of benzene rings is 1. The average molecular weight is 290 g/mol. The van der Waals surface area contributed by atoms with E-state index in [0.717, 1.165) is 12.8 Å². The Labute approximate surface area is 104 Å². The molecule has 0 saturated carbocycles. The molecule has 2 nitrogen and oxygen atoms in total. The maximum atomic E-state index is 13.3. The maximum absolute atomic E-state index is 13.3. The lowest BCUT2D eigenvalue weighted by Crippen LogP contribution is -2.26. The van der Waals surface area contributed by atoms with Crippen LogP contribution in [-0.4, -0.2) is 11.2 Å². The normalized spacial score (nSPS) is 14.8. The Kier molecular flexibility index (Phi) is 5.38. The van der Waals surface area contributed by atoms with Crippen LogP contribution in [0, 0.1) is 5.82 Å². The first-order valence-electron chi connectivity index (χ1n) is 5.45. The summed E-state index contributed by atoms with van der Waals surface area (Å²) in [6, 6.07) is 4.14. The van der Waals surface area contributed by atoms with Crippen LogP contribution in [-0.2, 0) is 0 Å². The van der Waals surface area contributed by atoms with E-state index in [-0.39, 0.29) is 5.82 Å². The Morgan fingerprint density at radius 3 is 2.81 bits per heavy atom. The molecule has 0 heterocycles. The quantitative estimate of drug-likeness (QED) is 0.875. The van der Waals surface area contributed by atoms with Crippen molar-refractivity contribution in [2.45, 2.75) is 38.3 Å². The second-order valence-corrected chi connectivity index (χ2v) is 4.67. The minimum Gasteiger partial charge on any atom is -0.391 e. The van der Waals surface area contributed by atoms with Gasteiger partial charge in [-0.25, -0.2) is 4.39 Å². The number of aliphatic hydroxyl groups is 1. The fourth-order valence-electron chi connectivity index (χ4n) is 1.58. The fraction of sp³-hybridized carbons (Fsp3) is 0.500. The van der Waals surface area contributed by atoms with Gasteiger partial charge in [0.25, 0.3) is 0 Å². The minimum atomic E-state index is -0.627. The Balaban J connectivity index is 2.79. The number of halogens is 2. The molecule has 0 fully saturated rings. The van der Waals surface area contributed by atoms with Crippen LogP contribution in [0.4, 0.5) is 4.39 Å². The molecule has 1 aromatic rings. The molecule has 4 heteroatoms. The minimum absolute atomic E-state index is 0.345. The van der Waals surface area contributed by atoms with E-state index in [1.165, 1.54) is 6.07 Å². The molecule has 1 rings (SSSR count). The Hall–Kier alpha value is -0.450. The van der Waals surface area contributed by atoms with Crippen LogP contribution in [0.2, 0.25) is 0 Å². The summed E-state index contributed by atoms with van der Waals surface area (Å²) >= 11 is 3.15. The van der Waals surface area contributed by atoms with Gasteiger partial charge >= 0.3 is 0 Å². The monoisotopic (exact) mass is 289 g/mol. The molecule has 0 bridgehead atoms. The van der Waals surface area contributed by atoms with Crippen molar-refractivity contribution in [1.29, 1.82) is 0 Å². The van der Waals surface area contributed by atoms with Gasteiger partial charge in [-0.3, -0.25) is 0 Å². The number of hydrogen-bond acceptors (Lipinski definition) is 2. The summed E-state index contributed by atoms with van der Waals surface area (Å²) in [4.78, 5) is 0. The number of unbranched alkanes of at least 4 members (excludes halogenated alkanes) is 1.